The largest absolute Gasteiger partial charge is 0.467 e. The van der Waals surface area contributed by atoms with E-state index in [4.69, 9.17) is 4.74 Å². The van der Waals surface area contributed by atoms with Gasteiger partial charge in [0.15, 0.2) is 0 Å². The number of nitrogens with zero attached hydrogens (tertiary/aromatic N) is 1. The Morgan fingerprint density at radius 3 is 2.45 bits per heavy atom. The molecule has 1 aliphatic heterocycles. The van der Waals surface area contributed by atoms with E-state index in [9.17, 15) is 22.4 Å². The Balaban J connectivity index is 1.62. The lowest BCUT2D eigenvalue weighted by atomic mass is 9.96. The molecule has 0 saturated heterocycles. The Morgan fingerprint density at radius 2 is 1.79 bits per heavy atom. The van der Waals surface area contributed by atoms with E-state index < -0.39 is 39.7 Å². The van der Waals surface area contributed by atoms with Crippen LogP contribution in [0.2, 0.25) is 0 Å². The maximum Gasteiger partial charge on any atom is 0.328 e. The van der Waals surface area contributed by atoms with Gasteiger partial charge in [-0.05, 0) is 54.3 Å². The molecule has 7 nitrogen and oxygen atoms in total. The van der Waals surface area contributed by atoms with Gasteiger partial charge in [0.2, 0.25) is 15.9 Å². The molecule has 3 aromatic rings. The van der Waals surface area contributed by atoms with Crippen molar-refractivity contribution in [2.75, 3.05) is 13.7 Å². The summed E-state index contributed by atoms with van der Waals surface area (Å²) in [5.41, 5.74) is 2.82. The number of sulfonamides is 1. The third kappa shape index (κ3) is 6.31. The fourth-order valence-electron chi connectivity index (χ4n) is 4.49. The number of aryl methyl sites for hydroxylation is 1. The third-order valence-electron chi connectivity index (χ3n) is 6.63. The number of halogens is 2. The van der Waals surface area contributed by atoms with Crippen molar-refractivity contribution >= 4 is 37.8 Å². The van der Waals surface area contributed by atoms with Gasteiger partial charge in [0, 0.05) is 24.0 Å². The fourth-order valence-corrected chi connectivity index (χ4v) is 6.29. The average Bonchev–Trinajstić information content (AvgIpc) is 3.10. The summed E-state index contributed by atoms with van der Waals surface area (Å²) in [5, 5.41) is 2.69. The first-order valence-corrected chi connectivity index (χ1v) is 14.3. The Kier molecular flexibility index (Phi) is 8.64. The molecular weight excluding hydrogens is 575 g/mol. The van der Waals surface area contributed by atoms with E-state index >= 15 is 0 Å². The molecule has 1 amide bonds. The summed E-state index contributed by atoms with van der Waals surface area (Å²) in [5.74, 6) is -2.56. The number of esters is 1. The first-order chi connectivity index (χ1) is 18.1. The summed E-state index contributed by atoms with van der Waals surface area (Å²) in [6.45, 7) is 1.90. The molecule has 0 fully saturated rings. The maximum absolute atomic E-state index is 14.5. The standard InChI is InChI=1S/C28H28BrFN2O5S/c1-18-7-11-24(12-8-18)38(35,36)32-16-21-6-4-3-5-19(21)13-22(17-32)27(33)31-26(28(34)37-2)14-20-9-10-23(29)15-25(20)30/h3-12,15,22,26H,13-14,16-17H2,1-2H3,(H,31,33)/t22?,26-/m1/s1. The molecule has 38 heavy (non-hydrogen) atoms. The Labute approximate surface area is 230 Å². The number of carbonyl (C=O) groups excluding carboxylic acids is 2. The highest BCUT2D eigenvalue weighted by Gasteiger charge is 2.35. The van der Waals surface area contributed by atoms with Crippen LogP contribution in [0.1, 0.15) is 22.3 Å². The van der Waals surface area contributed by atoms with Gasteiger partial charge >= 0.3 is 5.97 Å². The highest BCUT2D eigenvalue weighted by molar-refractivity contribution is 9.10. The van der Waals surface area contributed by atoms with E-state index in [1.165, 1.54) is 23.5 Å². The molecule has 4 rings (SSSR count). The molecule has 0 aromatic heterocycles. The molecule has 1 heterocycles. The lowest BCUT2D eigenvalue weighted by Gasteiger charge is -2.25. The van der Waals surface area contributed by atoms with Gasteiger partial charge in [0.25, 0.3) is 0 Å². The zero-order valence-corrected chi connectivity index (χ0v) is 23.4. The number of fused-ring (bicyclic) bond motifs is 1. The van der Waals surface area contributed by atoms with Crippen LogP contribution in [0, 0.1) is 18.7 Å². The number of carbonyl (C=O) groups is 2. The number of nitrogens with one attached hydrogen (secondary N) is 1. The number of hydrogen-bond acceptors (Lipinski definition) is 5. The van der Waals surface area contributed by atoms with Crippen molar-refractivity contribution in [1.29, 1.82) is 0 Å². The Hall–Kier alpha value is -3.08. The minimum atomic E-state index is -3.91. The predicted octanol–water partition coefficient (Wildman–Crippen LogP) is 4.16. The van der Waals surface area contributed by atoms with Crippen molar-refractivity contribution in [3.8, 4) is 0 Å². The zero-order valence-electron chi connectivity index (χ0n) is 21.0. The fraction of sp³-hybridized carbons (Fsp3) is 0.286. The van der Waals surface area contributed by atoms with Crippen LogP contribution in [0.25, 0.3) is 0 Å². The third-order valence-corrected chi connectivity index (χ3v) is 8.95. The van der Waals surface area contributed by atoms with E-state index in [1.807, 2.05) is 31.2 Å². The van der Waals surface area contributed by atoms with E-state index in [0.29, 0.717) is 4.47 Å². The van der Waals surface area contributed by atoms with Gasteiger partial charge < -0.3 is 10.1 Å². The van der Waals surface area contributed by atoms with Crippen molar-refractivity contribution in [3.63, 3.8) is 0 Å². The van der Waals surface area contributed by atoms with Crippen LogP contribution >= 0.6 is 15.9 Å². The highest BCUT2D eigenvalue weighted by Crippen LogP contribution is 2.27. The number of methoxy groups -OCH3 is 1. The predicted molar refractivity (Wildman–Crippen MR) is 144 cm³/mol. The smallest absolute Gasteiger partial charge is 0.328 e. The Bertz CT molecular complexity index is 1450. The molecule has 1 N–H and O–H groups in total. The first-order valence-electron chi connectivity index (χ1n) is 12.0. The topological polar surface area (TPSA) is 92.8 Å². The summed E-state index contributed by atoms with van der Waals surface area (Å²) in [6, 6.07) is 17.2. The highest BCUT2D eigenvalue weighted by atomic mass is 79.9. The molecule has 10 heteroatoms. The second-order valence-electron chi connectivity index (χ2n) is 9.30. The van der Waals surface area contributed by atoms with Gasteiger partial charge in [0.1, 0.15) is 11.9 Å². The summed E-state index contributed by atoms with van der Waals surface area (Å²) in [4.78, 5) is 26.2. The van der Waals surface area contributed by atoms with Crippen LogP contribution in [0.3, 0.4) is 0 Å². The molecule has 0 saturated carbocycles. The van der Waals surface area contributed by atoms with Gasteiger partial charge in [-0.1, -0.05) is 64.0 Å². The van der Waals surface area contributed by atoms with Crippen molar-refractivity contribution in [2.24, 2.45) is 5.92 Å². The van der Waals surface area contributed by atoms with Crippen molar-refractivity contribution in [2.45, 2.75) is 37.2 Å². The number of hydrogen-bond donors (Lipinski definition) is 1. The SMILES string of the molecule is COC(=O)[C@@H](Cc1ccc(Br)cc1F)NC(=O)C1Cc2ccccc2CN(S(=O)(=O)c2ccc(C)cc2)C1. The number of amides is 1. The molecular formula is C28H28BrFN2O5S. The van der Waals surface area contributed by atoms with Crippen molar-refractivity contribution in [3.05, 3.63) is 99.3 Å². The second-order valence-corrected chi connectivity index (χ2v) is 12.2. The van der Waals surface area contributed by atoms with Crippen LogP contribution in [0.15, 0.2) is 76.1 Å². The summed E-state index contributed by atoms with van der Waals surface area (Å²) < 4.78 is 48.4. The lowest BCUT2D eigenvalue weighted by molar-refractivity contribution is -0.145. The van der Waals surface area contributed by atoms with Crippen LogP contribution in [0.4, 0.5) is 4.39 Å². The summed E-state index contributed by atoms with van der Waals surface area (Å²) in [6.07, 6.45) is 0.161. The van der Waals surface area contributed by atoms with E-state index in [0.717, 1.165) is 16.7 Å². The Morgan fingerprint density at radius 1 is 1.11 bits per heavy atom. The number of ether oxygens (including phenoxy) is 1. The average molecular weight is 604 g/mol. The molecule has 2 atom stereocenters. The molecule has 3 aromatic carbocycles. The van der Waals surface area contributed by atoms with Crippen LogP contribution < -0.4 is 5.32 Å². The van der Waals surface area contributed by atoms with Gasteiger partial charge in [-0.25, -0.2) is 17.6 Å². The van der Waals surface area contributed by atoms with Gasteiger partial charge in [-0.3, -0.25) is 4.79 Å². The van der Waals surface area contributed by atoms with Gasteiger partial charge in [0.05, 0.1) is 17.9 Å². The molecule has 1 unspecified atom stereocenters. The number of rotatable bonds is 7. The first kappa shape index (κ1) is 27.9. The molecule has 0 spiro atoms. The lowest BCUT2D eigenvalue weighted by Crippen LogP contribution is -2.48. The van der Waals surface area contributed by atoms with Crippen LogP contribution in [-0.4, -0.2) is 44.3 Å². The normalized spacial score (nSPS) is 16.7. The van der Waals surface area contributed by atoms with Crippen molar-refractivity contribution < 1.29 is 27.1 Å². The van der Waals surface area contributed by atoms with E-state index in [1.54, 1.807) is 30.3 Å². The van der Waals surface area contributed by atoms with Gasteiger partial charge in [-0.15, -0.1) is 0 Å². The molecule has 0 radical (unpaired) electrons. The summed E-state index contributed by atoms with van der Waals surface area (Å²) >= 11 is 3.20. The van der Waals surface area contributed by atoms with Crippen molar-refractivity contribution in [1.82, 2.24) is 9.62 Å². The van der Waals surface area contributed by atoms with E-state index in [2.05, 4.69) is 21.2 Å². The quantitative estimate of drug-likeness (QED) is 0.410. The summed E-state index contributed by atoms with van der Waals surface area (Å²) in [7, 11) is -2.72. The second kappa shape index (κ2) is 11.8. The number of benzene rings is 3. The molecule has 1 aliphatic rings. The van der Waals surface area contributed by atoms with E-state index in [-0.39, 0.29) is 36.4 Å². The molecule has 0 bridgehead atoms. The minimum Gasteiger partial charge on any atom is -0.467 e. The minimum absolute atomic E-state index is 0.0861. The van der Waals surface area contributed by atoms with Crippen LogP contribution in [-0.2, 0) is 43.7 Å². The maximum atomic E-state index is 14.5. The van der Waals surface area contributed by atoms with Gasteiger partial charge in [-0.2, -0.15) is 4.31 Å². The van der Waals surface area contributed by atoms with Crippen LogP contribution in [0.5, 0.6) is 0 Å². The monoisotopic (exact) mass is 602 g/mol. The molecule has 200 valence electrons. The zero-order chi connectivity index (χ0) is 27.4. The molecule has 0 aliphatic carbocycles.